The maximum Gasteiger partial charge on any atom is 0.233 e. The Morgan fingerprint density at radius 1 is 1.18 bits per heavy atom. The number of carbonyl (C=O) groups is 1. The Balaban J connectivity index is 1.62. The van der Waals surface area contributed by atoms with Crippen LogP contribution in [0.4, 0.5) is 0 Å². The Hall–Kier alpha value is -2.27. The minimum atomic E-state index is -3.08. The molecule has 180 valence electrons. The summed E-state index contributed by atoms with van der Waals surface area (Å²) in [6.07, 6.45) is 0.455. The largest absolute Gasteiger partial charge is 0.497 e. The molecule has 8 nitrogen and oxygen atoms in total. The first-order valence-corrected chi connectivity index (χ1v) is 13.9. The van der Waals surface area contributed by atoms with Crippen LogP contribution in [0.15, 0.2) is 47.6 Å². The third-order valence-corrected chi connectivity index (χ3v) is 9.02. The molecule has 0 aliphatic carbocycles. The van der Waals surface area contributed by atoms with Crippen molar-refractivity contribution in [2.75, 3.05) is 31.4 Å². The highest BCUT2D eigenvalue weighted by Crippen LogP contribution is 2.32. The van der Waals surface area contributed by atoms with E-state index in [1.165, 1.54) is 16.7 Å². The number of ether oxygens (including phenoxy) is 1. The molecule has 3 aromatic rings. The molecule has 0 spiro atoms. The second-order valence-electron chi connectivity index (χ2n) is 7.82. The van der Waals surface area contributed by atoms with E-state index in [1.54, 1.807) is 32.4 Å². The van der Waals surface area contributed by atoms with E-state index in [0.29, 0.717) is 38.9 Å². The van der Waals surface area contributed by atoms with Crippen LogP contribution in [-0.2, 0) is 14.6 Å². The fourth-order valence-corrected chi connectivity index (χ4v) is 6.60. The molecule has 0 saturated carbocycles. The Morgan fingerprint density at radius 3 is 2.53 bits per heavy atom. The van der Waals surface area contributed by atoms with Crippen molar-refractivity contribution in [2.24, 2.45) is 0 Å². The van der Waals surface area contributed by atoms with Crippen LogP contribution in [0, 0.1) is 0 Å². The van der Waals surface area contributed by atoms with Gasteiger partial charge in [-0.3, -0.25) is 9.36 Å². The van der Waals surface area contributed by atoms with Crippen LogP contribution >= 0.6 is 35.0 Å². The Kier molecular flexibility index (Phi) is 7.42. The third kappa shape index (κ3) is 5.35. The van der Waals surface area contributed by atoms with Crippen LogP contribution in [0.1, 0.15) is 6.42 Å². The zero-order chi connectivity index (χ0) is 24.5. The molecule has 1 aliphatic rings. The summed E-state index contributed by atoms with van der Waals surface area (Å²) in [4.78, 5) is 14.3. The van der Waals surface area contributed by atoms with Gasteiger partial charge in [-0.05, 0) is 48.9 Å². The van der Waals surface area contributed by atoms with E-state index < -0.39 is 9.84 Å². The Morgan fingerprint density at radius 2 is 1.91 bits per heavy atom. The first-order chi connectivity index (χ1) is 16.2. The van der Waals surface area contributed by atoms with E-state index >= 15 is 0 Å². The van der Waals surface area contributed by atoms with Crippen LogP contribution in [0.2, 0.25) is 10.0 Å². The van der Waals surface area contributed by atoms with Crippen molar-refractivity contribution < 1.29 is 17.9 Å². The van der Waals surface area contributed by atoms with Crippen molar-refractivity contribution in [1.29, 1.82) is 0 Å². The normalized spacial score (nSPS) is 17.0. The molecule has 0 N–H and O–H groups in total. The van der Waals surface area contributed by atoms with E-state index in [0.717, 1.165) is 5.56 Å². The highest BCUT2D eigenvalue weighted by atomic mass is 35.5. The van der Waals surface area contributed by atoms with Gasteiger partial charge < -0.3 is 9.64 Å². The lowest BCUT2D eigenvalue weighted by Gasteiger charge is -2.23. The molecule has 0 unspecified atom stereocenters. The smallest absolute Gasteiger partial charge is 0.233 e. The van der Waals surface area contributed by atoms with Gasteiger partial charge in [-0.25, -0.2) is 8.42 Å². The minimum Gasteiger partial charge on any atom is -0.497 e. The molecule has 1 aromatic heterocycles. The van der Waals surface area contributed by atoms with Crippen molar-refractivity contribution in [3.63, 3.8) is 0 Å². The Bertz CT molecular complexity index is 1310. The molecule has 1 atom stereocenters. The van der Waals surface area contributed by atoms with E-state index in [1.807, 2.05) is 28.8 Å². The van der Waals surface area contributed by atoms with Crippen LogP contribution in [0.5, 0.6) is 5.75 Å². The fraction of sp³-hybridized carbons (Fsp3) is 0.318. The van der Waals surface area contributed by atoms with Crippen molar-refractivity contribution in [2.45, 2.75) is 17.6 Å². The molecular weight excluding hydrogens is 519 g/mol. The average Bonchev–Trinajstić information content (AvgIpc) is 3.41. The van der Waals surface area contributed by atoms with Crippen LogP contribution in [-0.4, -0.2) is 71.4 Å². The van der Waals surface area contributed by atoms with Crippen LogP contribution in [0.3, 0.4) is 0 Å². The molecule has 12 heteroatoms. The van der Waals surface area contributed by atoms with Gasteiger partial charge in [0.1, 0.15) is 5.75 Å². The second-order valence-corrected chi connectivity index (χ2v) is 11.8. The topological polar surface area (TPSA) is 94.4 Å². The first-order valence-electron chi connectivity index (χ1n) is 10.3. The molecule has 0 bridgehead atoms. The number of amides is 1. The van der Waals surface area contributed by atoms with Crippen molar-refractivity contribution in [3.05, 3.63) is 52.5 Å². The highest BCUT2D eigenvalue weighted by molar-refractivity contribution is 7.99. The summed E-state index contributed by atoms with van der Waals surface area (Å²) in [6.45, 7) is 0. The molecule has 2 heterocycles. The predicted molar refractivity (Wildman–Crippen MR) is 134 cm³/mol. The quantitative estimate of drug-likeness (QED) is 0.418. The molecule has 1 aliphatic heterocycles. The van der Waals surface area contributed by atoms with Gasteiger partial charge in [-0.2, -0.15) is 0 Å². The number of halogens is 2. The minimum absolute atomic E-state index is 0.000973. The van der Waals surface area contributed by atoms with Gasteiger partial charge in [0.05, 0.1) is 40.1 Å². The molecule has 0 radical (unpaired) electrons. The van der Waals surface area contributed by atoms with Gasteiger partial charge in [-0.1, -0.05) is 35.0 Å². The summed E-state index contributed by atoms with van der Waals surface area (Å²) in [6, 6.07) is 12.3. The van der Waals surface area contributed by atoms with Crippen molar-refractivity contribution in [3.8, 4) is 22.8 Å². The molecule has 34 heavy (non-hydrogen) atoms. The van der Waals surface area contributed by atoms with E-state index in [-0.39, 0.29) is 29.2 Å². The lowest BCUT2D eigenvalue weighted by atomic mass is 10.2. The maximum atomic E-state index is 12.8. The molecule has 2 aromatic carbocycles. The third-order valence-electron chi connectivity index (χ3n) is 5.62. The standard InChI is InChI=1S/C22H22Cl2N4O4S2/c1-27(16-9-10-34(30,31)13-16)20(29)12-33-22-26-25-21(14-3-6-17(32-2)7-4-14)28(22)15-5-8-18(23)19(24)11-15/h3-8,11,16H,9-10,12-13H2,1-2H3/t16-/m1/s1. The van der Waals surface area contributed by atoms with Gasteiger partial charge >= 0.3 is 0 Å². The first kappa shape index (κ1) is 24.8. The predicted octanol–water partition coefficient (Wildman–Crippen LogP) is 3.99. The SMILES string of the molecule is COc1ccc(-c2nnc(SCC(=O)N(C)[C@@H]3CCS(=O)(=O)C3)n2-c2ccc(Cl)c(Cl)c2)cc1. The number of hydrogen-bond acceptors (Lipinski definition) is 7. The zero-order valence-electron chi connectivity index (χ0n) is 18.4. The number of methoxy groups -OCH3 is 1. The number of rotatable bonds is 7. The lowest BCUT2D eigenvalue weighted by Crippen LogP contribution is -2.38. The van der Waals surface area contributed by atoms with E-state index in [9.17, 15) is 13.2 Å². The zero-order valence-corrected chi connectivity index (χ0v) is 21.6. The monoisotopic (exact) mass is 540 g/mol. The number of aromatic nitrogens is 3. The van der Waals surface area contributed by atoms with Gasteiger partial charge in [0.25, 0.3) is 0 Å². The van der Waals surface area contributed by atoms with E-state index in [2.05, 4.69) is 10.2 Å². The molecule has 1 amide bonds. The summed E-state index contributed by atoms with van der Waals surface area (Å²) in [7, 11) is 0.151. The summed E-state index contributed by atoms with van der Waals surface area (Å²) in [5.41, 5.74) is 1.49. The van der Waals surface area contributed by atoms with Crippen molar-refractivity contribution in [1.82, 2.24) is 19.7 Å². The molecule has 1 fully saturated rings. The Labute approximate surface area is 212 Å². The van der Waals surface area contributed by atoms with Crippen LogP contribution in [0.25, 0.3) is 17.1 Å². The summed E-state index contributed by atoms with van der Waals surface area (Å²) >= 11 is 13.6. The number of benzene rings is 2. The average molecular weight is 541 g/mol. The van der Waals surface area contributed by atoms with Gasteiger partial charge in [0.2, 0.25) is 5.91 Å². The summed E-state index contributed by atoms with van der Waals surface area (Å²) < 4.78 is 30.6. The molecule has 1 saturated heterocycles. The van der Waals surface area contributed by atoms with Crippen molar-refractivity contribution >= 4 is 50.7 Å². The molecular formula is C22H22Cl2N4O4S2. The van der Waals surface area contributed by atoms with Gasteiger partial charge in [0, 0.05) is 18.7 Å². The highest BCUT2D eigenvalue weighted by Gasteiger charge is 2.32. The number of carbonyl (C=O) groups excluding carboxylic acids is 1. The molecule has 4 rings (SSSR count). The maximum absolute atomic E-state index is 12.8. The lowest BCUT2D eigenvalue weighted by molar-refractivity contribution is -0.128. The van der Waals surface area contributed by atoms with Crippen LogP contribution < -0.4 is 4.74 Å². The van der Waals surface area contributed by atoms with Gasteiger partial charge in [0.15, 0.2) is 20.8 Å². The second kappa shape index (κ2) is 10.2. The summed E-state index contributed by atoms with van der Waals surface area (Å²) in [5, 5.41) is 9.96. The number of hydrogen-bond donors (Lipinski definition) is 0. The fourth-order valence-electron chi connectivity index (χ4n) is 3.66. The summed E-state index contributed by atoms with van der Waals surface area (Å²) in [5.74, 6) is 1.28. The number of sulfone groups is 1. The van der Waals surface area contributed by atoms with E-state index in [4.69, 9.17) is 27.9 Å². The number of nitrogens with zero attached hydrogens (tertiary/aromatic N) is 4. The number of thioether (sulfide) groups is 1. The van der Waals surface area contributed by atoms with Gasteiger partial charge in [-0.15, -0.1) is 10.2 Å².